The van der Waals surface area contributed by atoms with Crippen molar-refractivity contribution < 1.29 is 19.5 Å². The Balaban J connectivity index is 2.73. The average Bonchev–Trinajstić information content (AvgIpc) is 2.55. The van der Waals surface area contributed by atoms with Crippen LogP contribution in [0.1, 0.15) is 33.6 Å². The van der Waals surface area contributed by atoms with Crippen LogP contribution in [0.15, 0.2) is 0 Å². The van der Waals surface area contributed by atoms with Crippen LogP contribution in [-0.2, 0) is 14.4 Å². The Morgan fingerprint density at radius 1 is 1.50 bits per heavy atom. The number of hydrogen-bond donors (Lipinski definition) is 1. The highest BCUT2D eigenvalue weighted by molar-refractivity contribution is 6.05. The van der Waals surface area contributed by atoms with E-state index in [1.807, 2.05) is 6.92 Å². The van der Waals surface area contributed by atoms with Gasteiger partial charge in [0.25, 0.3) is 0 Å². The summed E-state index contributed by atoms with van der Waals surface area (Å²) in [5.41, 5.74) is 0. The van der Waals surface area contributed by atoms with E-state index in [1.54, 1.807) is 18.7 Å². The van der Waals surface area contributed by atoms with Crippen LogP contribution < -0.4 is 0 Å². The summed E-state index contributed by atoms with van der Waals surface area (Å²) >= 11 is 0. The summed E-state index contributed by atoms with van der Waals surface area (Å²) in [6, 6.07) is -0.641. The molecule has 1 aliphatic rings. The van der Waals surface area contributed by atoms with Gasteiger partial charge in [-0.3, -0.25) is 24.2 Å². The number of carboxylic acid groups (broad SMARTS) is 1. The number of amides is 2. The van der Waals surface area contributed by atoms with Gasteiger partial charge in [0.05, 0.1) is 18.9 Å². The first-order valence-electron chi connectivity index (χ1n) is 6.20. The van der Waals surface area contributed by atoms with Gasteiger partial charge in [0.2, 0.25) is 11.8 Å². The summed E-state index contributed by atoms with van der Waals surface area (Å²) < 4.78 is 0. The Kier molecular flexibility index (Phi) is 4.84. The molecule has 0 aromatic heterocycles. The van der Waals surface area contributed by atoms with E-state index in [0.29, 0.717) is 13.1 Å². The Morgan fingerprint density at radius 2 is 2.11 bits per heavy atom. The molecule has 1 unspecified atom stereocenters. The summed E-state index contributed by atoms with van der Waals surface area (Å²) in [5, 5.41) is 8.67. The number of imide groups is 1. The number of likely N-dealkylation sites (N-methyl/N-ethyl adjacent to an activating group) is 1. The molecule has 1 heterocycles. The zero-order valence-electron chi connectivity index (χ0n) is 11.0. The Hall–Kier alpha value is -1.43. The van der Waals surface area contributed by atoms with E-state index >= 15 is 0 Å². The predicted octanol–water partition coefficient (Wildman–Crippen LogP) is 0.319. The lowest BCUT2D eigenvalue weighted by atomic mass is 10.2. The number of likely N-dealkylation sites (tertiary alicyclic amines) is 1. The van der Waals surface area contributed by atoms with Gasteiger partial charge in [0.15, 0.2) is 0 Å². The third kappa shape index (κ3) is 3.07. The molecular formula is C12H20N2O4. The zero-order valence-corrected chi connectivity index (χ0v) is 11.0. The molecule has 102 valence electrons. The van der Waals surface area contributed by atoms with Crippen molar-refractivity contribution in [2.75, 3.05) is 13.1 Å². The molecule has 18 heavy (non-hydrogen) atoms. The van der Waals surface area contributed by atoms with Crippen LogP contribution >= 0.6 is 0 Å². The topological polar surface area (TPSA) is 77.9 Å². The second-order valence-electron chi connectivity index (χ2n) is 4.69. The van der Waals surface area contributed by atoms with Crippen molar-refractivity contribution in [2.45, 2.75) is 45.7 Å². The minimum Gasteiger partial charge on any atom is -0.481 e. The maximum absolute atomic E-state index is 12.1. The quantitative estimate of drug-likeness (QED) is 0.692. The minimum atomic E-state index is -0.897. The van der Waals surface area contributed by atoms with Crippen LogP contribution in [0.25, 0.3) is 0 Å². The molecule has 2 amide bonds. The molecule has 1 fully saturated rings. The number of carbonyl (C=O) groups is 3. The first-order chi connectivity index (χ1) is 8.38. The fraction of sp³-hybridized carbons (Fsp3) is 0.750. The molecule has 0 spiro atoms. The average molecular weight is 256 g/mol. The van der Waals surface area contributed by atoms with Crippen molar-refractivity contribution in [3.63, 3.8) is 0 Å². The first kappa shape index (κ1) is 14.6. The maximum Gasteiger partial charge on any atom is 0.304 e. The molecule has 0 aromatic carbocycles. The zero-order chi connectivity index (χ0) is 13.9. The fourth-order valence-electron chi connectivity index (χ4n) is 2.24. The normalized spacial score (nSPS) is 20.3. The SMILES string of the molecule is CCN(CCC(=O)O)C1CC(=O)N(C(C)C)C1=O. The monoisotopic (exact) mass is 256 g/mol. The van der Waals surface area contributed by atoms with Crippen LogP contribution in [-0.4, -0.2) is 57.9 Å². The molecule has 1 N–H and O–H groups in total. The van der Waals surface area contributed by atoms with Crippen molar-refractivity contribution in [3.05, 3.63) is 0 Å². The highest BCUT2D eigenvalue weighted by Crippen LogP contribution is 2.21. The van der Waals surface area contributed by atoms with Gasteiger partial charge in [-0.2, -0.15) is 0 Å². The lowest BCUT2D eigenvalue weighted by molar-refractivity contribution is -0.143. The number of aliphatic carboxylic acids is 1. The number of rotatable bonds is 6. The van der Waals surface area contributed by atoms with Gasteiger partial charge in [-0.15, -0.1) is 0 Å². The minimum absolute atomic E-state index is 0.0203. The van der Waals surface area contributed by atoms with Gasteiger partial charge >= 0.3 is 5.97 Å². The third-order valence-electron chi connectivity index (χ3n) is 3.14. The van der Waals surface area contributed by atoms with Gasteiger partial charge in [-0.25, -0.2) is 0 Å². The number of carboxylic acids is 1. The van der Waals surface area contributed by atoms with E-state index in [0.717, 1.165) is 0 Å². The van der Waals surface area contributed by atoms with E-state index in [4.69, 9.17) is 5.11 Å². The van der Waals surface area contributed by atoms with Crippen LogP contribution in [0.5, 0.6) is 0 Å². The molecular weight excluding hydrogens is 236 g/mol. The van der Waals surface area contributed by atoms with E-state index in [-0.39, 0.29) is 30.7 Å². The smallest absolute Gasteiger partial charge is 0.304 e. The van der Waals surface area contributed by atoms with Crippen LogP contribution in [0.3, 0.4) is 0 Å². The summed E-state index contributed by atoms with van der Waals surface area (Å²) in [6.45, 7) is 6.30. The molecule has 1 atom stereocenters. The lowest BCUT2D eigenvalue weighted by Gasteiger charge is -2.26. The highest BCUT2D eigenvalue weighted by atomic mass is 16.4. The van der Waals surface area contributed by atoms with E-state index < -0.39 is 12.0 Å². The van der Waals surface area contributed by atoms with E-state index in [1.165, 1.54) is 4.90 Å². The molecule has 0 saturated carbocycles. The van der Waals surface area contributed by atoms with Gasteiger partial charge in [-0.05, 0) is 20.4 Å². The number of nitrogens with zero attached hydrogens (tertiary/aromatic N) is 2. The molecule has 1 rings (SSSR count). The van der Waals surface area contributed by atoms with Gasteiger partial charge in [-0.1, -0.05) is 6.92 Å². The molecule has 0 aliphatic carbocycles. The molecule has 0 radical (unpaired) electrons. The summed E-state index contributed by atoms with van der Waals surface area (Å²) in [7, 11) is 0. The van der Waals surface area contributed by atoms with Crippen LogP contribution in [0, 0.1) is 0 Å². The summed E-state index contributed by atoms with van der Waals surface area (Å²) in [6.07, 6.45) is 0.137. The van der Waals surface area contributed by atoms with E-state index in [2.05, 4.69) is 0 Å². The van der Waals surface area contributed by atoms with Crippen molar-refractivity contribution in [1.29, 1.82) is 0 Å². The van der Waals surface area contributed by atoms with Crippen molar-refractivity contribution >= 4 is 17.8 Å². The number of carbonyl (C=O) groups excluding carboxylic acids is 2. The van der Waals surface area contributed by atoms with Crippen molar-refractivity contribution in [1.82, 2.24) is 9.80 Å². The molecule has 0 bridgehead atoms. The summed E-state index contributed by atoms with van der Waals surface area (Å²) in [4.78, 5) is 37.5. The van der Waals surface area contributed by atoms with Crippen LogP contribution in [0.2, 0.25) is 0 Å². The first-order valence-corrected chi connectivity index (χ1v) is 6.20. The molecule has 6 heteroatoms. The summed E-state index contributed by atoms with van der Waals surface area (Å²) in [5.74, 6) is -1.28. The number of hydrogen-bond acceptors (Lipinski definition) is 4. The van der Waals surface area contributed by atoms with Crippen LogP contribution in [0.4, 0.5) is 0 Å². The second-order valence-corrected chi connectivity index (χ2v) is 4.69. The lowest BCUT2D eigenvalue weighted by Crippen LogP contribution is -2.44. The molecule has 1 aliphatic heterocycles. The van der Waals surface area contributed by atoms with Gasteiger partial charge in [0.1, 0.15) is 0 Å². The fourth-order valence-corrected chi connectivity index (χ4v) is 2.24. The van der Waals surface area contributed by atoms with Gasteiger partial charge < -0.3 is 5.11 Å². The molecule has 6 nitrogen and oxygen atoms in total. The van der Waals surface area contributed by atoms with Gasteiger partial charge in [0, 0.05) is 12.6 Å². The van der Waals surface area contributed by atoms with Crippen molar-refractivity contribution in [2.24, 2.45) is 0 Å². The third-order valence-corrected chi connectivity index (χ3v) is 3.14. The Bertz CT molecular complexity index is 354. The Morgan fingerprint density at radius 3 is 2.50 bits per heavy atom. The second kappa shape index (κ2) is 5.95. The predicted molar refractivity (Wildman–Crippen MR) is 64.9 cm³/mol. The van der Waals surface area contributed by atoms with Crippen molar-refractivity contribution in [3.8, 4) is 0 Å². The molecule has 1 saturated heterocycles. The maximum atomic E-state index is 12.1. The van der Waals surface area contributed by atoms with E-state index in [9.17, 15) is 14.4 Å². The Labute approximate surface area is 107 Å². The molecule has 0 aromatic rings. The standard InChI is InChI=1S/C12H20N2O4/c1-4-13(6-5-11(16)17)9-7-10(15)14(8(2)3)12(9)18/h8-9H,4-7H2,1-3H3,(H,16,17). The largest absolute Gasteiger partial charge is 0.481 e. The highest BCUT2D eigenvalue weighted by Gasteiger charge is 2.42.